The highest BCUT2D eigenvalue weighted by Crippen LogP contribution is 2.37. The summed E-state index contributed by atoms with van der Waals surface area (Å²) in [6.45, 7) is 1.93. The largest absolute Gasteiger partial charge is 0.280 e. The van der Waals surface area contributed by atoms with Crippen LogP contribution in [0.2, 0.25) is 0 Å². The monoisotopic (exact) mass is 408 g/mol. The van der Waals surface area contributed by atoms with Gasteiger partial charge < -0.3 is 0 Å². The van der Waals surface area contributed by atoms with Gasteiger partial charge in [0, 0.05) is 0 Å². The molecule has 0 bridgehead atoms. The Bertz CT molecular complexity index is 1020. The zero-order valence-electron chi connectivity index (χ0n) is 15.0. The zero-order chi connectivity index (χ0) is 19.8. The van der Waals surface area contributed by atoms with Gasteiger partial charge in [-0.05, 0) is 30.7 Å². The maximum atomic E-state index is 13.0. The molecule has 7 heteroatoms. The molecular weight excluding hydrogens is 392 g/mol. The van der Waals surface area contributed by atoms with E-state index in [-0.39, 0.29) is 18.2 Å². The van der Waals surface area contributed by atoms with Crippen LogP contribution in [0, 0.1) is 6.92 Å². The fraction of sp³-hybridized carbons (Fsp3) is 0.143. The quantitative estimate of drug-likeness (QED) is 0.442. The first-order chi connectivity index (χ1) is 13.5. The molecule has 2 aliphatic heterocycles. The predicted octanol–water partition coefficient (Wildman–Crippen LogP) is 3.53. The van der Waals surface area contributed by atoms with Gasteiger partial charge in [-0.15, -0.1) is 0 Å². The van der Waals surface area contributed by atoms with Crippen LogP contribution in [0.1, 0.15) is 17.5 Å². The Kier molecular flexibility index (Phi) is 4.87. The van der Waals surface area contributed by atoms with Crippen molar-refractivity contribution in [3.05, 3.63) is 70.6 Å². The Hall–Kier alpha value is -2.77. The molecule has 2 fully saturated rings. The zero-order valence-corrected chi connectivity index (χ0v) is 16.6. The summed E-state index contributed by atoms with van der Waals surface area (Å²) in [5.41, 5.74) is 2.41. The summed E-state index contributed by atoms with van der Waals surface area (Å²) in [5, 5.41) is 0. The molecule has 28 heavy (non-hydrogen) atoms. The Morgan fingerprint density at radius 2 is 1.71 bits per heavy atom. The lowest BCUT2D eigenvalue weighted by molar-refractivity contribution is -0.129. The van der Waals surface area contributed by atoms with E-state index in [1.54, 1.807) is 18.2 Å². The number of carbonyl (C=O) groups is 3. The standard InChI is InChI=1S/C21H16N2O3S2/c1-13-7-9-15(10-8-13)22-18(24)12-16(19(22)25)23-20(26)17(28-21(23)27)11-14-5-3-2-4-6-14/h2-11,16H,12H2,1H3/b17-11+/t16-/m1/s1. The van der Waals surface area contributed by atoms with Gasteiger partial charge in [0.15, 0.2) is 0 Å². The molecule has 0 aromatic heterocycles. The number of amides is 3. The Morgan fingerprint density at radius 1 is 1.04 bits per heavy atom. The van der Waals surface area contributed by atoms with Crippen LogP contribution in [0.15, 0.2) is 59.5 Å². The lowest BCUT2D eigenvalue weighted by atomic mass is 10.2. The second kappa shape index (κ2) is 7.33. The molecule has 0 unspecified atom stereocenters. The minimum absolute atomic E-state index is 0.0717. The number of hydrogen-bond acceptors (Lipinski definition) is 5. The summed E-state index contributed by atoms with van der Waals surface area (Å²) >= 11 is 6.51. The molecule has 5 nitrogen and oxygen atoms in total. The highest BCUT2D eigenvalue weighted by Gasteiger charge is 2.48. The van der Waals surface area contributed by atoms with Crippen molar-refractivity contribution in [2.24, 2.45) is 0 Å². The van der Waals surface area contributed by atoms with Gasteiger partial charge in [0.1, 0.15) is 10.4 Å². The van der Waals surface area contributed by atoms with E-state index >= 15 is 0 Å². The number of thiocarbonyl (C=S) groups is 1. The third-order valence-electron chi connectivity index (χ3n) is 4.65. The molecule has 2 aromatic rings. The van der Waals surface area contributed by atoms with E-state index < -0.39 is 11.9 Å². The van der Waals surface area contributed by atoms with Crippen molar-refractivity contribution in [1.82, 2.24) is 4.90 Å². The maximum Gasteiger partial charge on any atom is 0.266 e. The van der Waals surface area contributed by atoms with Crippen molar-refractivity contribution in [3.8, 4) is 0 Å². The number of benzene rings is 2. The number of aryl methyl sites for hydroxylation is 1. The fourth-order valence-electron chi connectivity index (χ4n) is 3.23. The molecule has 2 heterocycles. The number of hydrogen-bond donors (Lipinski definition) is 0. The maximum absolute atomic E-state index is 13.0. The van der Waals surface area contributed by atoms with Crippen molar-refractivity contribution in [3.63, 3.8) is 0 Å². The third-order valence-corrected chi connectivity index (χ3v) is 5.98. The van der Waals surface area contributed by atoms with Crippen LogP contribution in [0.5, 0.6) is 0 Å². The first-order valence-corrected chi connectivity index (χ1v) is 9.94. The van der Waals surface area contributed by atoms with Gasteiger partial charge in [-0.1, -0.05) is 72.0 Å². The minimum Gasteiger partial charge on any atom is -0.280 e. The normalized spacial score (nSPS) is 21.3. The first kappa shape index (κ1) is 18.6. The topological polar surface area (TPSA) is 57.7 Å². The van der Waals surface area contributed by atoms with Crippen LogP contribution in [-0.2, 0) is 14.4 Å². The average Bonchev–Trinajstić information content (AvgIpc) is 3.12. The smallest absolute Gasteiger partial charge is 0.266 e. The van der Waals surface area contributed by atoms with E-state index in [4.69, 9.17) is 12.2 Å². The highest BCUT2D eigenvalue weighted by molar-refractivity contribution is 8.26. The van der Waals surface area contributed by atoms with Crippen LogP contribution >= 0.6 is 24.0 Å². The number of nitrogens with zero attached hydrogens (tertiary/aromatic N) is 2. The second-order valence-corrected chi connectivity index (χ2v) is 8.26. The molecule has 0 radical (unpaired) electrons. The number of imide groups is 1. The molecule has 2 saturated heterocycles. The SMILES string of the molecule is Cc1ccc(N2C(=O)C[C@@H](N3C(=O)/C(=C\c4ccccc4)SC3=S)C2=O)cc1. The second-order valence-electron chi connectivity index (χ2n) is 6.59. The summed E-state index contributed by atoms with van der Waals surface area (Å²) in [4.78, 5) is 41.3. The lowest BCUT2D eigenvalue weighted by Gasteiger charge is -2.21. The van der Waals surface area contributed by atoms with Crippen molar-refractivity contribution in [1.29, 1.82) is 0 Å². The molecule has 140 valence electrons. The fourth-order valence-corrected chi connectivity index (χ4v) is 4.59. The van der Waals surface area contributed by atoms with E-state index in [1.165, 1.54) is 4.90 Å². The van der Waals surface area contributed by atoms with Crippen molar-refractivity contribution < 1.29 is 14.4 Å². The molecule has 1 atom stereocenters. The van der Waals surface area contributed by atoms with E-state index in [9.17, 15) is 14.4 Å². The van der Waals surface area contributed by atoms with Gasteiger partial charge in [0.2, 0.25) is 5.91 Å². The molecule has 0 saturated carbocycles. The van der Waals surface area contributed by atoms with Crippen LogP contribution in [0.3, 0.4) is 0 Å². The van der Waals surface area contributed by atoms with E-state index in [0.29, 0.717) is 14.9 Å². The van der Waals surface area contributed by atoms with Crippen molar-refractivity contribution in [2.75, 3.05) is 4.90 Å². The van der Waals surface area contributed by atoms with Gasteiger partial charge in [0.05, 0.1) is 17.0 Å². The van der Waals surface area contributed by atoms with Crippen molar-refractivity contribution >= 4 is 57.8 Å². The first-order valence-electron chi connectivity index (χ1n) is 8.71. The Labute approximate surface area is 172 Å². The van der Waals surface area contributed by atoms with E-state index in [0.717, 1.165) is 27.8 Å². The molecular formula is C21H16N2O3S2. The number of carbonyl (C=O) groups excluding carboxylic acids is 3. The van der Waals surface area contributed by atoms with E-state index in [2.05, 4.69) is 0 Å². The molecule has 0 spiro atoms. The summed E-state index contributed by atoms with van der Waals surface area (Å²) < 4.78 is 0.295. The summed E-state index contributed by atoms with van der Waals surface area (Å²) in [5.74, 6) is -1.10. The number of anilines is 1. The van der Waals surface area contributed by atoms with Gasteiger partial charge in [-0.2, -0.15) is 0 Å². The van der Waals surface area contributed by atoms with Crippen LogP contribution < -0.4 is 4.90 Å². The number of thioether (sulfide) groups is 1. The summed E-state index contributed by atoms with van der Waals surface area (Å²) in [6, 6.07) is 15.7. The van der Waals surface area contributed by atoms with Gasteiger partial charge in [-0.3, -0.25) is 19.3 Å². The molecule has 3 amide bonds. The van der Waals surface area contributed by atoms with Crippen LogP contribution in [0.25, 0.3) is 6.08 Å². The van der Waals surface area contributed by atoms with Gasteiger partial charge in [0.25, 0.3) is 11.8 Å². The molecule has 0 N–H and O–H groups in total. The lowest BCUT2D eigenvalue weighted by Crippen LogP contribution is -2.44. The predicted molar refractivity (Wildman–Crippen MR) is 114 cm³/mol. The average molecular weight is 409 g/mol. The van der Waals surface area contributed by atoms with Crippen molar-refractivity contribution in [2.45, 2.75) is 19.4 Å². The Morgan fingerprint density at radius 3 is 2.39 bits per heavy atom. The Balaban J connectivity index is 1.61. The molecule has 2 aromatic carbocycles. The number of rotatable bonds is 3. The van der Waals surface area contributed by atoms with Crippen LogP contribution in [-0.4, -0.2) is 33.0 Å². The molecule has 4 rings (SSSR count). The van der Waals surface area contributed by atoms with E-state index in [1.807, 2.05) is 49.4 Å². The van der Waals surface area contributed by atoms with Gasteiger partial charge in [-0.25, -0.2) is 4.90 Å². The van der Waals surface area contributed by atoms with Gasteiger partial charge >= 0.3 is 0 Å². The van der Waals surface area contributed by atoms with Crippen LogP contribution in [0.4, 0.5) is 5.69 Å². The summed E-state index contributed by atoms with van der Waals surface area (Å²) in [6.07, 6.45) is 1.68. The minimum atomic E-state index is -0.900. The third kappa shape index (κ3) is 3.27. The molecule has 2 aliphatic rings. The molecule has 0 aliphatic carbocycles. The highest BCUT2D eigenvalue weighted by atomic mass is 32.2. The summed E-state index contributed by atoms with van der Waals surface area (Å²) in [7, 11) is 0.